The van der Waals surface area contributed by atoms with Crippen molar-refractivity contribution in [2.45, 2.75) is 48.5 Å². The molecule has 0 radical (unpaired) electrons. The second-order valence-corrected chi connectivity index (χ2v) is 7.93. The van der Waals surface area contributed by atoms with Crippen molar-refractivity contribution in [1.82, 2.24) is 10.2 Å². The molecule has 30 heavy (non-hydrogen) atoms. The van der Waals surface area contributed by atoms with Gasteiger partial charge in [0.2, 0.25) is 0 Å². The number of nitrogens with one attached hydrogen (secondary N) is 1. The highest BCUT2D eigenvalue weighted by Gasteiger charge is 2.44. The van der Waals surface area contributed by atoms with Gasteiger partial charge in [-0.1, -0.05) is 34.6 Å². The highest BCUT2D eigenvalue weighted by Crippen LogP contribution is 2.40. The normalized spacial score (nSPS) is 11.4. The Bertz CT molecular complexity index is 699. The number of nitro benzene ring substituents is 1. The topological polar surface area (TPSA) is 102 Å². The lowest BCUT2D eigenvalue weighted by molar-refractivity contribution is -0.384. The zero-order valence-electron chi connectivity index (χ0n) is 19.6. The molecular formula is C22H37N3O5. The molecule has 0 bridgehead atoms. The van der Waals surface area contributed by atoms with Crippen LogP contribution >= 0.6 is 0 Å². The van der Waals surface area contributed by atoms with Crippen LogP contribution in [0.4, 0.5) is 5.69 Å². The Morgan fingerprint density at radius 3 is 2.10 bits per heavy atom. The molecule has 0 spiro atoms. The monoisotopic (exact) mass is 423 g/mol. The zero-order valence-corrected chi connectivity index (χ0v) is 19.6. The molecule has 0 aliphatic carbocycles. The SMILES string of the molecule is CC.CCN(CCNC(=O)c1ccc([N+](=O)[O-])cc1)CC(C)(C)C(C)(C)C(=O)OC. The van der Waals surface area contributed by atoms with E-state index in [0.717, 1.165) is 6.54 Å². The maximum Gasteiger partial charge on any atom is 0.311 e. The molecule has 0 atom stereocenters. The van der Waals surface area contributed by atoms with Crippen LogP contribution in [0.3, 0.4) is 0 Å². The number of nitro groups is 1. The van der Waals surface area contributed by atoms with Crippen molar-refractivity contribution in [2.24, 2.45) is 10.8 Å². The van der Waals surface area contributed by atoms with Crippen molar-refractivity contribution >= 4 is 17.6 Å². The fourth-order valence-electron chi connectivity index (χ4n) is 2.80. The predicted molar refractivity (Wildman–Crippen MR) is 118 cm³/mol. The summed E-state index contributed by atoms with van der Waals surface area (Å²) in [5, 5.41) is 13.5. The van der Waals surface area contributed by atoms with Crippen molar-refractivity contribution in [3.05, 3.63) is 39.9 Å². The number of benzene rings is 1. The minimum Gasteiger partial charge on any atom is -0.469 e. The zero-order chi connectivity index (χ0) is 23.5. The maximum atomic E-state index is 12.2. The Morgan fingerprint density at radius 1 is 1.13 bits per heavy atom. The maximum absolute atomic E-state index is 12.2. The molecule has 1 aromatic carbocycles. The third-order valence-electron chi connectivity index (χ3n) is 5.51. The lowest BCUT2D eigenvalue weighted by atomic mass is 9.67. The Kier molecular flexibility index (Phi) is 11.3. The largest absolute Gasteiger partial charge is 0.469 e. The fourth-order valence-corrected chi connectivity index (χ4v) is 2.80. The average molecular weight is 424 g/mol. The van der Waals surface area contributed by atoms with E-state index in [1.165, 1.54) is 31.4 Å². The fraction of sp³-hybridized carbons (Fsp3) is 0.636. The summed E-state index contributed by atoms with van der Waals surface area (Å²) >= 11 is 0. The lowest BCUT2D eigenvalue weighted by Crippen LogP contribution is -2.48. The van der Waals surface area contributed by atoms with E-state index in [1.807, 2.05) is 48.5 Å². The molecule has 0 heterocycles. The number of esters is 1. The van der Waals surface area contributed by atoms with Crippen LogP contribution in [0.5, 0.6) is 0 Å². The van der Waals surface area contributed by atoms with Crippen molar-refractivity contribution in [3.8, 4) is 0 Å². The predicted octanol–water partition coefficient (Wildman–Crippen LogP) is 3.90. The van der Waals surface area contributed by atoms with Crippen LogP contribution in [-0.2, 0) is 9.53 Å². The molecule has 0 unspecified atom stereocenters. The summed E-state index contributed by atoms with van der Waals surface area (Å²) in [6, 6.07) is 5.50. The van der Waals surface area contributed by atoms with E-state index in [9.17, 15) is 19.7 Å². The van der Waals surface area contributed by atoms with Gasteiger partial charge in [0.05, 0.1) is 17.4 Å². The molecule has 0 saturated heterocycles. The summed E-state index contributed by atoms with van der Waals surface area (Å²) in [7, 11) is 1.39. The number of carbonyl (C=O) groups is 2. The molecule has 1 N–H and O–H groups in total. The van der Waals surface area contributed by atoms with Crippen molar-refractivity contribution in [2.75, 3.05) is 33.3 Å². The summed E-state index contributed by atoms with van der Waals surface area (Å²) < 4.78 is 4.94. The Hall–Kier alpha value is -2.48. The number of rotatable bonds is 10. The van der Waals surface area contributed by atoms with Crippen molar-refractivity contribution in [3.63, 3.8) is 0 Å². The third kappa shape index (κ3) is 7.40. The number of methoxy groups -OCH3 is 1. The molecule has 0 aliphatic rings. The Labute approximate surface area is 180 Å². The van der Waals surface area contributed by atoms with Gasteiger partial charge in [0.25, 0.3) is 11.6 Å². The quantitative estimate of drug-likeness (QED) is 0.348. The van der Waals surface area contributed by atoms with Gasteiger partial charge in [-0.3, -0.25) is 19.7 Å². The van der Waals surface area contributed by atoms with E-state index in [0.29, 0.717) is 25.2 Å². The molecule has 8 nitrogen and oxygen atoms in total. The van der Waals surface area contributed by atoms with Gasteiger partial charge in [-0.25, -0.2) is 0 Å². The van der Waals surface area contributed by atoms with Crippen LogP contribution in [0.1, 0.15) is 58.8 Å². The van der Waals surface area contributed by atoms with E-state index < -0.39 is 10.3 Å². The van der Waals surface area contributed by atoms with Gasteiger partial charge in [0.15, 0.2) is 0 Å². The molecule has 1 aromatic rings. The minimum absolute atomic E-state index is 0.0517. The number of carbonyl (C=O) groups excluding carboxylic acids is 2. The summed E-state index contributed by atoms with van der Waals surface area (Å²) in [6.45, 7) is 16.3. The van der Waals surface area contributed by atoms with Gasteiger partial charge in [0, 0.05) is 37.3 Å². The summed E-state index contributed by atoms with van der Waals surface area (Å²) in [4.78, 5) is 36.7. The van der Waals surface area contributed by atoms with Gasteiger partial charge >= 0.3 is 5.97 Å². The summed E-state index contributed by atoms with van der Waals surface area (Å²) in [5.41, 5.74) is -0.666. The van der Waals surface area contributed by atoms with Crippen LogP contribution in [-0.4, -0.2) is 55.0 Å². The second kappa shape index (κ2) is 12.3. The number of nitrogens with zero attached hydrogens (tertiary/aromatic N) is 2. The van der Waals surface area contributed by atoms with Gasteiger partial charge in [-0.05, 0) is 37.9 Å². The first-order chi connectivity index (χ1) is 14.0. The van der Waals surface area contributed by atoms with Crippen LogP contribution < -0.4 is 5.32 Å². The van der Waals surface area contributed by atoms with E-state index in [2.05, 4.69) is 10.2 Å². The van der Waals surface area contributed by atoms with Crippen LogP contribution in [0.25, 0.3) is 0 Å². The first-order valence-electron chi connectivity index (χ1n) is 10.3. The van der Waals surface area contributed by atoms with Gasteiger partial charge in [-0.2, -0.15) is 0 Å². The van der Waals surface area contributed by atoms with Gasteiger partial charge in [-0.15, -0.1) is 0 Å². The van der Waals surface area contributed by atoms with E-state index in [4.69, 9.17) is 4.74 Å². The first kappa shape index (κ1) is 27.5. The molecular weight excluding hydrogens is 386 g/mol. The summed E-state index contributed by atoms with van der Waals surface area (Å²) in [6.07, 6.45) is 0. The molecule has 170 valence electrons. The van der Waals surface area contributed by atoms with Crippen molar-refractivity contribution in [1.29, 1.82) is 0 Å². The van der Waals surface area contributed by atoms with Crippen LogP contribution in [0, 0.1) is 20.9 Å². The molecule has 0 aromatic heterocycles. The average Bonchev–Trinajstić information content (AvgIpc) is 2.73. The lowest BCUT2D eigenvalue weighted by Gasteiger charge is -2.42. The number of non-ortho nitro benzene ring substituents is 1. The smallest absolute Gasteiger partial charge is 0.311 e. The molecule has 1 amide bonds. The molecule has 0 fully saturated rings. The molecule has 8 heteroatoms. The number of hydrogen-bond donors (Lipinski definition) is 1. The standard InChI is InChI=1S/C20H31N3O5.C2H6/c1-7-22(14-19(2,3)20(4,5)18(25)28-6)13-12-21-17(24)15-8-10-16(11-9-15)23(26)27;1-2/h8-11H,7,12-14H2,1-6H3,(H,21,24);1-2H3. The number of hydrogen-bond acceptors (Lipinski definition) is 6. The highest BCUT2D eigenvalue weighted by molar-refractivity contribution is 5.94. The summed E-state index contributed by atoms with van der Waals surface area (Å²) in [5.74, 6) is -0.528. The van der Waals surface area contributed by atoms with Crippen LogP contribution in [0.2, 0.25) is 0 Å². The minimum atomic E-state index is -0.656. The highest BCUT2D eigenvalue weighted by atomic mass is 16.6. The van der Waals surface area contributed by atoms with E-state index in [-0.39, 0.29) is 23.0 Å². The number of amides is 1. The third-order valence-corrected chi connectivity index (χ3v) is 5.51. The molecule has 1 rings (SSSR count). The van der Waals surface area contributed by atoms with E-state index in [1.54, 1.807) is 0 Å². The number of likely N-dealkylation sites (N-methyl/N-ethyl adjacent to an activating group) is 1. The Morgan fingerprint density at radius 2 is 1.67 bits per heavy atom. The van der Waals surface area contributed by atoms with Gasteiger partial charge in [0.1, 0.15) is 0 Å². The van der Waals surface area contributed by atoms with Crippen LogP contribution in [0.15, 0.2) is 24.3 Å². The van der Waals surface area contributed by atoms with Gasteiger partial charge < -0.3 is 15.0 Å². The van der Waals surface area contributed by atoms with E-state index >= 15 is 0 Å². The number of ether oxygens (including phenoxy) is 1. The molecule has 0 saturated carbocycles. The second-order valence-electron chi connectivity index (χ2n) is 7.93. The van der Waals surface area contributed by atoms with Crippen molar-refractivity contribution < 1.29 is 19.2 Å². The first-order valence-corrected chi connectivity index (χ1v) is 10.3. The molecule has 0 aliphatic heterocycles. The Balaban J connectivity index is 0.00000407.